The van der Waals surface area contributed by atoms with E-state index in [-0.39, 0.29) is 36.4 Å². The molecular formula is C24H41IN6O2. The molecule has 0 aliphatic carbocycles. The number of ether oxygens (including phenoxy) is 1. The number of hydrogen-bond acceptors (Lipinski definition) is 5. The number of benzene rings is 1. The number of rotatable bonds is 8. The Kier molecular flexibility index (Phi) is 12.3. The molecule has 1 amide bonds. The summed E-state index contributed by atoms with van der Waals surface area (Å²) in [5.74, 6) is 1.42. The highest BCUT2D eigenvalue weighted by Gasteiger charge is 2.23. The Morgan fingerprint density at radius 1 is 1.03 bits per heavy atom. The summed E-state index contributed by atoms with van der Waals surface area (Å²) < 4.78 is 5.51. The number of amides is 1. The van der Waals surface area contributed by atoms with Crippen LogP contribution in [0.2, 0.25) is 0 Å². The molecule has 0 spiro atoms. The van der Waals surface area contributed by atoms with Crippen molar-refractivity contribution < 1.29 is 9.53 Å². The first-order valence-electron chi connectivity index (χ1n) is 11.9. The number of guanidine groups is 1. The smallest absolute Gasteiger partial charge is 0.242 e. The molecule has 33 heavy (non-hydrogen) atoms. The van der Waals surface area contributed by atoms with E-state index in [0.717, 1.165) is 65.4 Å². The Labute approximate surface area is 216 Å². The molecule has 1 aromatic carbocycles. The molecule has 8 nitrogen and oxygen atoms in total. The molecule has 9 heteroatoms. The summed E-state index contributed by atoms with van der Waals surface area (Å²) in [4.78, 5) is 23.8. The Hall–Kier alpha value is -1.59. The van der Waals surface area contributed by atoms with Crippen molar-refractivity contribution in [2.24, 2.45) is 10.9 Å². The van der Waals surface area contributed by atoms with E-state index in [2.05, 4.69) is 63.5 Å². The zero-order valence-corrected chi connectivity index (χ0v) is 22.7. The predicted molar refractivity (Wildman–Crippen MR) is 146 cm³/mol. The number of piperazine rings is 1. The van der Waals surface area contributed by atoms with Gasteiger partial charge in [0.15, 0.2) is 5.96 Å². The number of carbonyl (C=O) groups excluding carboxylic acids is 1. The zero-order valence-electron chi connectivity index (χ0n) is 20.3. The Morgan fingerprint density at radius 2 is 1.70 bits per heavy atom. The highest BCUT2D eigenvalue weighted by molar-refractivity contribution is 14.0. The van der Waals surface area contributed by atoms with Crippen molar-refractivity contribution in [3.63, 3.8) is 0 Å². The number of halogens is 1. The molecule has 3 rings (SSSR count). The maximum absolute atomic E-state index is 12.7. The third kappa shape index (κ3) is 8.94. The first-order chi connectivity index (χ1) is 15.6. The van der Waals surface area contributed by atoms with Gasteiger partial charge in [-0.3, -0.25) is 14.7 Å². The summed E-state index contributed by atoms with van der Waals surface area (Å²) in [5.41, 5.74) is 1.22. The number of nitrogens with zero attached hydrogens (tertiary/aromatic N) is 4. The lowest BCUT2D eigenvalue weighted by Crippen LogP contribution is -2.53. The molecule has 1 unspecified atom stereocenters. The van der Waals surface area contributed by atoms with Crippen molar-refractivity contribution in [3.05, 3.63) is 30.3 Å². The number of para-hydroxylation sites is 1. The van der Waals surface area contributed by atoms with Gasteiger partial charge in [0.25, 0.3) is 0 Å². The van der Waals surface area contributed by atoms with E-state index in [1.807, 2.05) is 11.0 Å². The number of aliphatic imine (C=N–C) groups is 1. The third-order valence-corrected chi connectivity index (χ3v) is 6.20. The van der Waals surface area contributed by atoms with Crippen LogP contribution in [0, 0.1) is 5.92 Å². The number of carbonyl (C=O) groups is 1. The Balaban J connectivity index is 0.00000385. The minimum atomic E-state index is 0. The van der Waals surface area contributed by atoms with Crippen LogP contribution in [0.25, 0.3) is 0 Å². The zero-order chi connectivity index (χ0) is 22.8. The summed E-state index contributed by atoms with van der Waals surface area (Å²) in [6.45, 7) is 12.3. The molecule has 2 N–H and O–H groups in total. The predicted octanol–water partition coefficient (Wildman–Crippen LogP) is 1.87. The molecule has 2 aliphatic rings. The summed E-state index contributed by atoms with van der Waals surface area (Å²) in [6.07, 6.45) is 1.12. The average molecular weight is 573 g/mol. The van der Waals surface area contributed by atoms with Gasteiger partial charge in [-0.05, 0) is 24.5 Å². The fraction of sp³-hybridized carbons (Fsp3) is 0.667. The van der Waals surface area contributed by atoms with Crippen molar-refractivity contribution in [1.29, 1.82) is 0 Å². The molecule has 2 aliphatic heterocycles. The number of anilines is 1. The van der Waals surface area contributed by atoms with Crippen LogP contribution in [0.5, 0.6) is 0 Å². The van der Waals surface area contributed by atoms with Crippen LogP contribution in [0.15, 0.2) is 35.3 Å². The first kappa shape index (κ1) is 27.7. The molecule has 0 radical (unpaired) electrons. The van der Waals surface area contributed by atoms with Gasteiger partial charge in [0.05, 0.1) is 19.8 Å². The number of nitrogens with one attached hydrogen (secondary N) is 2. The quantitative estimate of drug-likeness (QED) is 0.282. The van der Waals surface area contributed by atoms with Gasteiger partial charge in [-0.15, -0.1) is 24.0 Å². The molecule has 0 bridgehead atoms. The summed E-state index contributed by atoms with van der Waals surface area (Å²) in [6, 6.07) is 10.8. The molecule has 2 heterocycles. The first-order valence-corrected chi connectivity index (χ1v) is 11.9. The lowest BCUT2D eigenvalue weighted by atomic mass is 10.0. The summed E-state index contributed by atoms with van der Waals surface area (Å²) >= 11 is 0. The normalized spacial score (nSPS) is 18.6. The highest BCUT2D eigenvalue weighted by Crippen LogP contribution is 2.15. The van der Waals surface area contributed by atoms with Crippen LogP contribution >= 0.6 is 24.0 Å². The van der Waals surface area contributed by atoms with E-state index in [9.17, 15) is 4.79 Å². The average Bonchev–Trinajstić information content (AvgIpc) is 2.84. The minimum Gasteiger partial charge on any atom is -0.379 e. The van der Waals surface area contributed by atoms with E-state index < -0.39 is 0 Å². The molecule has 2 fully saturated rings. The number of morpholine rings is 1. The second-order valence-corrected chi connectivity index (χ2v) is 8.94. The van der Waals surface area contributed by atoms with Gasteiger partial charge >= 0.3 is 0 Å². The molecule has 0 aromatic heterocycles. The van der Waals surface area contributed by atoms with Crippen LogP contribution in [-0.2, 0) is 9.53 Å². The fourth-order valence-electron chi connectivity index (χ4n) is 4.41. The van der Waals surface area contributed by atoms with Crippen molar-refractivity contribution in [3.8, 4) is 0 Å². The Bertz CT molecular complexity index is 719. The summed E-state index contributed by atoms with van der Waals surface area (Å²) in [5, 5.41) is 6.65. The second-order valence-electron chi connectivity index (χ2n) is 8.94. The lowest BCUT2D eigenvalue weighted by Gasteiger charge is -2.36. The Morgan fingerprint density at radius 3 is 2.30 bits per heavy atom. The molecule has 0 saturated carbocycles. The SMILES string of the molecule is CN=C(NCC(=O)N1CCN(c2ccccc2)CC1)NCC(CC(C)C)N1CCOCC1.I. The largest absolute Gasteiger partial charge is 0.379 e. The van der Waals surface area contributed by atoms with Gasteiger partial charge in [0.2, 0.25) is 5.91 Å². The van der Waals surface area contributed by atoms with Crippen LogP contribution < -0.4 is 15.5 Å². The van der Waals surface area contributed by atoms with E-state index in [1.165, 1.54) is 5.69 Å². The van der Waals surface area contributed by atoms with Crippen LogP contribution in [0.1, 0.15) is 20.3 Å². The molecule has 186 valence electrons. The van der Waals surface area contributed by atoms with Crippen molar-refractivity contribution in [2.75, 3.05) is 77.5 Å². The molecule has 2 saturated heterocycles. The maximum atomic E-state index is 12.7. The molecular weight excluding hydrogens is 531 g/mol. The monoisotopic (exact) mass is 572 g/mol. The van der Waals surface area contributed by atoms with Gasteiger partial charge in [-0.25, -0.2) is 0 Å². The van der Waals surface area contributed by atoms with Gasteiger partial charge in [-0.2, -0.15) is 0 Å². The number of hydrogen-bond donors (Lipinski definition) is 2. The van der Waals surface area contributed by atoms with E-state index in [1.54, 1.807) is 7.05 Å². The van der Waals surface area contributed by atoms with Crippen LogP contribution in [0.3, 0.4) is 0 Å². The lowest BCUT2D eigenvalue weighted by molar-refractivity contribution is -0.130. The second kappa shape index (κ2) is 14.6. The molecule has 1 aromatic rings. The maximum Gasteiger partial charge on any atom is 0.242 e. The van der Waals surface area contributed by atoms with Crippen LogP contribution in [0.4, 0.5) is 5.69 Å². The topological polar surface area (TPSA) is 72.4 Å². The fourth-order valence-corrected chi connectivity index (χ4v) is 4.41. The van der Waals surface area contributed by atoms with Gasteiger partial charge in [-0.1, -0.05) is 32.0 Å². The van der Waals surface area contributed by atoms with E-state index in [0.29, 0.717) is 17.9 Å². The van der Waals surface area contributed by atoms with Gasteiger partial charge in [0, 0.05) is 64.6 Å². The molecule has 1 atom stereocenters. The minimum absolute atomic E-state index is 0. The summed E-state index contributed by atoms with van der Waals surface area (Å²) in [7, 11) is 1.75. The van der Waals surface area contributed by atoms with Gasteiger partial charge < -0.3 is 25.2 Å². The van der Waals surface area contributed by atoms with E-state index >= 15 is 0 Å². The van der Waals surface area contributed by atoms with Crippen molar-refractivity contribution in [2.45, 2.75) is 26.3 Å². The van der Waals surface area contributed by atoms with Crippen LogP contribution in [-0.4, -0.2) is 100 Å². The third-order valence-electron chi connectivity index (χ3n) is 6.20. The van der Waals surface area contributed by atoms with E-state index in [4.69, 9.17) is 4.74 Å². The standard InChI is InChI=1S/C24H40N6O2.HI/c1-20(2)17-22(29-13-15-32-16-14-29)18-26-24(25-3)27-19-23(31)30-11-9-28(10-12-30)21-7-5-4-6-8-21;/h4-8,20,22H,9-19H2,1-3H3,(H2,25,26,27);1H. The van der Waals surface area contributed by atoms with Crippen molar-refractivity contribution >= 4 is 41.5 Å². The van der Waals surface area contributed by atoms with Crippen molar-refractivity contribution in [1.82, 2.24) is 20.4 Å². The van der Waals surface area contributed by atoms with Gasteiger partial charge in [0.1, 0.15) is 0 Å². The highest BCUT2D eigenvalue weighted by atomic mass is 127.